The van der Waals surface area contributed by atoms with E-state index >= 15 is 0 Å². The van der Waals surface area contributed by atoms with Gasteiger partial charge in [-0.15, -0.1) is 0 Å². The maximum Gasteiger partial charge on any atom is 0.157 e. The number of aromatic nitrogens is 2. The third-order valence-corrected chi connectivity index (χ3v) is 3.20. The summed E-state index contributed by atoms with van der Waals surface area (Å²) >= 11 is 6.10. The van der Waals surface area contributed by atoms with Gasteiger partial charge in [0.1, 0.15) is 11.5 Å². The molecular weight excluding hydrogens is 260 g/mol. The number of nitrogens with zero attached hydrogens (tertiary/aromatic N) is 3. The van der Waals surface area contributed by atoms with Crippen molar-refractivity contribution in [3.8, 4) is 17.3 Å². The number of hydrogen-bond acceptors (Lipinski definition) is 3. The highest BCUT2D eigenvalue weighted by Gasteiger charge is 2.13. The Morgan fingerprint density at radius 1 is 1.26 bits per heavy atom. The van der Waals surface area contributed by atoms with Crippen LogP contribution in [0, 0.1) is 11.3 Å². The van der Waals surface area contributed by atoms with E-state index in [1.165, 1.54) is 0 Å². The summed E-state index contributed by atoms with van der Waals surface area (Å²) in [5.41, 5.74) is 8.70. The number of rotatable bonds is 1. The summed E-state index contributed by atoms with van der Waals surface area (Å²) in [4.78, 5) is 4.45. The molecule has 92 valence electrons. The van der Waals surface area contributed by atoms with Crippen LogP contribution in [0.25, 0.3) is 16.9 Å². The lowest BCUT2D eigenvalue weighted by atomic mass is 10.1. The maximum absolute atomic E-state index is 8.93. The Hall–Kier alpha value is -2.51. The average molecular weight is 269 g/mol. The second kappa shape index (κ2) is 4.30. The zero-order valence-corrected chi connectivity index (χ0v) is 10.6. The molecule has 3 rings (SSSR count). The van der Waals surface area contributed by atoms with E-state index in [9.17, 15) is 0 Å². The van der Waals surface area contributed by atoms with E-state index in [0.29, 0.717) is 27.7 Å². The fourth-order valence-corrected chi connectivity index (χ4v) is 2.21. The van der Waals surface area contributed by atoms with Crippen LogP contribution in [-0.4, -0.2) is 9.38 Å². The number of benzene rings is 1. The molecule has 2 aromatic heterocycles. The van der Waals surface area contributed by atoms with Crippen LogP contribution in [0.2, 0.25) is 5.02 Å². The monoisotopic (exact) mass is 268 g/mol. The normalized spacial score (nSPS) is 10.5. The van der Waals surface area contributed by atoms with E-state index in [-0.39, 0.29) is 0 Å². The maximum atomic E-state index is 8.93. The number of nitrogen functional groups attached to an aromatic ring is 1. The average Bonchev–Trinajstić information content (AvgIpc) is 2.78. The van der Waals surface area contributed by atoms with Crippen molar-refractivity contribution in [1.82, 2.24) is 9.38 Å². The molecule has 0 bridgehead atoms. The van der Waals surface area contributed by atoms with Crippen molar-refractivity contribution in [2.45, 2.75) is 0 Å². The molecule has 0 aliphatic carbocycles. The van der Waals surface area contributed by atoms with Crippen molar-refractivity contribution < 1.29 is 0 Å². The molecule has 0 fully saturated rings. The number of nitrogens with two attached hydrogens (primary N) is 1. The van der Waals surface area contributed by atoms with Crippen LogP contribution in [0.4, 0.5) is 5.82 Å². The smallest absolute Gasteiger partial charge is 0.157 e. The molecule has 5 heteroatoms. The molecule has 2 heterocycles. The fourth-order valence-electron chi connectivity index (χ4n) is 2.00. The second-order valence-electron chi connectivity index (χ2n) is 4.09. The predicted molar refractivity (Wildman–Crippen MR) is 74.8 cm³/mol. The standard InChI is InChI=1S/C14H9ClN4/c15-11-5-2-6-19-13(17)12(18-14(11)19)10-4-1-3-9(7-10)8-16/h1-7H,17H2. The van der Waals surface area contributed by atoms with E-state index in [1.54, 1.807) is 34.9 Å². The van der Waals surface area contributed by atoms with Gasteiger partial charge in [-0.25, -0.2) is 4.98 Å². The number of nitriles is 1. The van der Waals surface area contributed by atoms with Crippen LogP contribution >= 0.6 is 11.6 Å². The largest absolute Gasteiger partial charge is 0.383 e. The van der Waals surface area contributed by atoms with Crippen molar-refractivity contribution in [2.75, 3.05) is 5.73 Å². The first-order chi connectivity index (χ1) is 9.20. The Balaban J connectivity index is 2.28. The number of fused-ring (bicyclic) bond motifs is 1. The van der Waals surface area contributed by atoms with E-state index in [4.69, 9.17) is 22.6 Å². The third-order valence-electron chi connectivity index (χ3n) is 2.90. The Kier molecular flexibility index (Phi) is 2.62. The molecule has 0 unspecified atom stereocenters. The summed E-state index contributed by atoms with van der Waals surface area (Å²) in [5.74, 6) is 0.507. The Morgan fingerprint density at radius 2 is 2.11 bits per heavy atom. The first kappa shape index (κ1) is 11.6. The van der Waals surface area contributed by atoms with Crippen molar-refractivity contribution in [3.63, 3.8) is 0 Å². The Bertz CT molecular complexity index is 814. The lowest BCUT2D eigenvalue weighted by Gasteiger charge is -1.99. The summed E-state index contributed by atoms with van der Waals surface area (Å²) in [6.07, 6.45) is 1.81. The first-order valence-corrected chi connectivity index (χ1v) is 6.01. The molecule has 19 heavy (non-hydrogen) atoms. The highest BCUT2D eigenvalue weighted by molar-refractivity contribution is 6.33. The van der Waals surface area contributed by atoms with Crippen molar-refractivity contribution in [1.29, 1.82) is 5.26 Å². The number of anilines is 1. The van der Waals surface area contributed by atoms with Crippen molar-refractivity contribution >= 4 is 23.1 Å². The molecule has 0 radical (unpaired) electrons. The minimum Gasteiger partial charge on any atom is -0.383 e. The minimum atomic E-state index is 0.507. The molecule has 0 aliphatic rings. The minimum absolute atomic E-state index is 0.507. The van der Waals surface area contributed by atoms with Crippen molar-refractivity contribution in [3.05, 3.63) is 53.2 Å². The van der Waals surface area contributed by atoms with Gasteiger partial charge in [0.25, 0.3) is 0 Å². The molecule has 2 N–H and O–H groups in total. The molecule has 0 saturated carbocycles. The number of imidazole rings is 1. The molecule has 0 spiro atoms. The quantitative estimate of drug-likeness (QED) is 0.737. The molecule has 0 atom stereocenters. The highest BCUT2D eigenvalue weighted by atomic mass is 35.5. The van der Waals surface area contributed by atoms with E-state index in [0.717, 1.165) is 5.56 Å². The molecule has 3 aromatic rings. The molecule has 1 aromatic carbocycles. The van der Waals surface area contributed by atoms with Gasteiger partial charge in [0, 0.05) is 11.8 Å². The van der Waals surface area contributed by atoms with Gasteiger partial charge >= 0.3 is 0 Å². The van der Waals surface area contributed by atoms with Crippen LogP contribution in [0.3, 0.4) is 0 Å². The summed E-state index contributed by atoms with van der Waals surface area (Å²) < 4.78 is 1.73. The zero-order valence-electron chi connectivity index (χ0n) is 9.84. The van der Waals surface area contributed by atoms with Gasteiger partial charge in [-0.1, -0.05) is 23.7 Å². The van der Waals surface area contributed by atoms with Crippen LogP contribution in [0.1, 0.15) is 5.56 Å². The number of hydrogen-bond donors (Lipinski definition) is 1. The number of pyridine rings is 1. The topological polar surface area (TPSA) is 67.1 Å². The SMILES string of the molecule is N#Cc1cccc(-c2nc3c(Cl)cccn3c2N)c1. The summed E-state index contributed by atoms with van der Waals surface area (Å²) in [7, 11) is 0. The van der Waals surface area contributed by atoms with Gasteiger partial charge in [0.15, 0.2) is 5.65 Å². The van der Waals surface area contributed by atoms with Crippen LogP contribution in [0.15, 0.2) is 42.6 Å². The molecule has 0 amide bonds. The summed E-state index contributed by atoms with van der Waals surface area (Å²) in [6, 6.07) is 12.8. The molecule has 0 aliphatic heterocycles. The molecular formula is C14H9ClN4. The fraction of sp³-hybridized carbons (Fsp3) is 0. The van der Waals surface area contributed by atoms with Gasteiger partial charge in [-0.2, -0.15) is 5.26 Å². The van der Waals surface area contributed by atoms with Crippen molar-refractivity contribution in [2.24, 2.45) is 0 Å². The predicted octanol–water partition coefficient (Wildman–Crippen LogP) is 3.11. The second-order valence-corrected chi connectivity index (χ2v) is 4.50. The van der Waals surface area contributed by atoms with Crippen LogP contribution in [-0.2, 0) is 0 Å². The van der Waals surface area contributed by atoms with Gasteiger partial charge in [0.2, 0.25) is 0 Å². The zero-order chi connectivity index (χ0) is 13.4. The molecule has 0 saturated heterocycles. The Morgan fingerprint density at radius 3 is 2.84 bits per heavy atom. The Labute approximate surface area is 114 Å². The summed E-state index contributed by atoms with van der Waals surface area (Å²) in [6.45, 7) is 0. The van der Waals surface area contributed by atoms with Gasteiger partial charge < -0.3 is 5.73 Å². The first-order valence-electron chi connectivity index (χ1n) is 5.63. The van der Waals surface area contributed by atoms with E-state index in [1.807, 2.05) is 12.1 Å². The van der Waals surface area contributed by atoms with Gasteiger partial charge in [-0.3, -0.25) is 4.40 Å². The summed E-state index contributed by atoms with van der Waals surface area (Å²) in [5, 5.41) is 9.47. The van der Waals surface area contributed by atoms with Crippen LogP contribution in [0.5, 0.6) is 0 Å². The van der Waals surface area contributed by atoms with E-state index in [2.05, 4.69) is 11.1 Å². The van der Waals surface area contributed by atoms with Gasteiger partial charge in [-0.05, 0) is 24.3 Å². The molecule has 4 nitrogen and oxygen atoms in total. The van der Waals surface area contributed by atoms with Gasteiger partial charge in [0.05, 0.1) is 16.7 Å². The third kappa shape index (κ3) is 1.81. The lowest BCUT2D eigenvalue weighted by Crippen LogP contribution is -1.93. The number of halogens is 1. The van der Waals surface area contributed by atoms with E-state index < -0.39 is 0 Å². The lowest BCUT2D eigenvalue weighted by molar-refractivity contribution is 1.20. The highest BCUT2D eigenvalue weighted by Crippen LogP contribution is 2.29. The van der Waals surface area contributed by atoms with Crippen LogP contribution < -0.4 is 5.73 Å².